The first-order valence-electron chi connectivity index (χ1n) is 5.57. The second kappa shape index (κ2) is 4.81. The summed E-state index contributed by atoms with van der Waals surface area (Å²) in [5.41, 5.74) is 1.21. The molecule has 0 N–H and O–H groups in total. The molecule has 3 heterocycles. The molecule has 3 aromatic heterocycles. The number of nitrogens with zero attached hydrogens (tertiary/aromatic N) is 5. The van der Waals surface area contributed by atoms with E-state index in [1.54, 1.807) is 12.4 Å². The number of hydrogen-bond acceptors (Lipinski definition) is 6. The summed E-state index contributed by atoms with van der Waals surface area (Å²) in [4.78, 5) is 23.9. The van der Waals surface area contributed by atoms with Gasteiger partial charge >= 0.3 is 5.76 Å². The molecule has 3 aromatic rings. The molecule has 3 rings (SSSR count). The summed E-state index contributed by atoms with van der Waals surface area (Å²) in [6.45, 7) is 0.273. The monoisotopic (exact) mass is 255 g/mol. The zero-order valence-electron chi connectivity index (χ0n) is 9.80. The molecule has 94 valence electrons. The van der Waals surface area contributed by atoms with Crippen molar-refractivity contribution < 1.29 is 4.52 Å². The summed E-state index contributed by atoms with van der Waals surface area (Å²) in [5, 5.41) is 3.73. The molecular weight excluding hydrogens is 246 g/mol. The Labute approximate surface area is 107 Å². The summed E-state index contributed by atoms with van der Waals surface area (Å²) >= 11 is 0. The molecular formula is C12H9N5O2. The molecule has 0 aliphatic rings. The Morgan fingerprint density at radius 2 is 2.11 bits per heavy atom. The van der Waals surface area contributed by atoms with E-state index in [1.807, 2.05) is 18.2 Å². The lowest BCUT2D eigenvalue weighted by Gasteiger charge is -2.02. The van der Waals surface area contributed by atoms with Crippen LogP contribution < -0.4 is 5.76 Å². The Balaban J connectivity index is 2.03. The van der Waals surface area contributed by atoms with Crippen molar-refractivity contribution in [1.82, 2.24) is 24.7 Å². The predicted molar refractivity (Wildman–Crippen MR) is 65.1 cm³/mol. The topological polar surface area (TPSA) is 86.7 Å². The Morgan fingerprint density at radius 3 is 2.84 bits per heavy atom. The van der Waals surface area contributed by atoms with E-state index >= 15 is 0 Å². The van der Waals surface area contributed by atoms with E-state index in [0.717, 1.165) is 5.69 Å². The van der Waals surface area contributed by atoms with Crippen LogP contribution in [0.3, 0.4) is 0 Å². The Bertz CT molecular complexity index is 721. The molecule has 0 amide bonds. The molecule has 0 bridgehead atoms. The van der Waals surface area contributed by atoms with Crippen molar-refractivity contribution in [2.24, 2.45) is 0 Å². The normalized spacial score (nSPS) is 10.5. The van der Waals surface area contributed by atoms with Gasteiger partial charge in [-0.3, -0.25) is 14.5 Å². The fraction of sp³-hybridized carbons (Fsp3) is 0.0833. The van der Waals surface area contributed by atoms with Crippen LogP contribution in [-0.2, 0) is 6.54 Å². The molecule has 0 fully saturated rings. The van der Waals surface area contributed by atoms with Gasteiger partial charge in [-0.15, -0.1) is 0 Å². The fourth-order valence-corrected chi connectivity index (χ4v) is 1.66. The molecule has 0 unspecified atom stereocenters. The van der Waals surface area contributed by atoms with Gasteiger partial charge in [-0.05, 0) is 12.1 Å². The van der Waals surface area contributed by atoms with Crippen molar-refractivity contribution in [3.63, 3.8) is 0 Å². The van der Waals surface area contributed by atoms with Crippen molar-refractivity contribution in [1.29, 1.82) is 0 Å². The third-order valence-corrected chi connectivity index (χ3v) is 2.52. The Morgan fingerprint density at radius 1 is 1.16 bits per heavy atom. The quantitative estimate of drug-likeness (QED) is 0.686. The SMILES string of the molecule is O=c1onc(-c2cnccn2)n1Cc1ccccn1. The summed E-state index contributed by atoms with van der Waals surface area (Å²) in [6.07, 6.45) is 6.26. The third-order valence-electron chi connectivity index (χ3n) is 2.52. The maximum atomic E-state index is 11.7. The van der Waals surface area contributed by atoms with Crippen LogP contribution in [0, 0.1) is 0 Å². The van der Waals surface area contributed by atoms with Gasteiger partial charge in [0.25, 0.3) is 0 Å². The molecule has 7 heteroatoms. The Kier molecular flexibility index (Phi) is 2.85. The van der Waals surface area contributed by atoms with E-state index in [9.17, 15) is 4.79 Å². The maximum Gasteiger partial charge on any atom is 0.442 e. The van der Waals surface area contributed by atoms with Crippen molar-refractivity contribution in [2.75, 3.05) is 0 Å². The van der Waals surface area contributed by atoms with Crippen molar-refractivity contribution >= 4 is 0 Å². The molecule has 0 spiro atoms. The summed E-state index contributed by atoms with van der Waals surface area (Å²) in [5.74, 6) is -0.213. The van der Waals surface area contributed by atoms with Crippen LogP contribution in [0.15, 0.2) is 52.3 Å². The van der Waals surface area contributed by atoms with Crippen LogP contribution in [-0.4, -0.2) is 24.7 Å². The van der Waals surface area contributed by atoms with Gasteiger partial charge in [0.2, 0.25) is 5.82 Å². The molecule has 7 nitrogen and oxygen atoms in total. The highest BCUT2D eigenvalue weighted by Crippen LogP contribution is 2.11. The van der Waals surface area contributed by atoms with Crippen LogP contribution in [0.1, 0.15) is 5.69 Å². The second-order valence-corrected chi connectivity index (χ2v) is 3.77. The van der Waals surface area contributed by atoms with Crippen molar-refractivity contribution in [3.8, 4) is 11.5 Å². The minimum atomic E-state index is -0.550. The number of rotatable bonds is 3. The average Bonchev–Trinajstić information content (AvgIpc) is 2.82. The van der Waals surface area contributed by atoms with E-state index in [4.69, 9.17) is 0 Å². The van der Waals surface area contributed by atoms with E-state index in [0.29, 0.717) is 11.5 Å². The number of hydrogen-bond donors (Lipinski definition) is 0. The highest BCUT2D eigenvalue weighted by atomic mass is 16.5. The highest BCUT2D eigenvalue weighted by molar-refractivity contribution is 5.46. The van der Waals surface area contributed by atoms with Gasteiger partial charge < -0.3 is 0 Å². The largest absolute Gasteiger partial charge is 0.442 e. The molecule has 0 radical (unpaired) electrons. The van der Waals surface area contributed by atoms with Crippen LogP contribution in [0.25, 0.3) is 11.5 Å². The van der Waals surface area contributed by atoms with E-state index in [-0.39, 0.29) is 6.54 Å². The first-order valence-corrected chi connectivity index (χ1v) is 5.57. The van der Waals surface area contributed by atoms with E-state index in [2.05, 4.69) is 24.6 Å². The standard InChI is InChI=1S/C12H9N5O2/c18-12-17(8-9-3-1-2-4-14-9)11(16-19-12)10-7-13-5-6-15-10/h1-7H,8H2. The number of pyridine rings is 1. The first-order chi connectivity index (χ1) is 9.34. The fourth-order valence-electron chi connectivity index (χ4n) is 1.66. The van der Waals surface area contributed by atoms with Crippen LogP contribution in [0.4, 0.5) is 0 Å². The summed E-state index contributed by atoms with van der Waals surface area (Å²) < 4.78 is 6.05. The smallest absolute Gasteiger partial charge is 0.295 e. The second-order valence-electron chi connectivity index (χ2n) is 3.77. The third kappa shape index (κ3) is 2.25. The number of aromatic nitrogens is 5. The molecule has 0 saturated heterocycles. The Hall–Kier alpha value is -2.83. The lowest BCUT2D eigenvalue weighted by molar-refractivity contribution is 0.378. The van der Waals surface area contributed by atoms with Gasteiger partial charge in [-0.2, -0.15) is 0 Å². The lowest BCUT2D eigenvalue weighted by Crippen LogP contribution is -2.17. The maximum absolute atomic E-state index is 11.7. The van der Waals surface area contributed by atoms with Gasteiger partial charge in [0, 0.05) is 18.6 Å². The molecule has 19 heavy (non-hydrogen) atoms. The van der Waals surface area contributed by atoms with Crippen molar-refractivity contribution in [3.05, 3.63) is 59.2 Å². The van der Waals surface area contributed by atoms with Crippen LogP contribution >= 0.6 is 0 Å². The van der Waals surface area contributed by atoms with E-state index < -0.39 is 5.76 Å². The zero-order chi connectivity index (χ0) is 13.1. The van der Waals surface area contributed by atoms with Gasteiger partial charge in [0.05, 0.1) is 18.4 Å². The molecule has 0 saturated carbocycles. The van der Waals surface area contributed by atoms with E-state index in [1.165, 1.54) is 17.0 Å². The minimum Gasteiger partial charge on any atom is -0.295 e. The van der Waals surface area contributed by atoms with Gasteiger partial charge in [0.1, 0.15) is 5.69 Å². The predicted octanol–water partition coefficient (Wildman–Crippen LogP) is 0.737. The molecule has 0 aromatic carbocycles. The summed E-state index contributed by atoms with van der Waals surface area (Å²) in [6, 6.07) is 5.48. The lowest BCUT2D eigenvalue weighted by atomic mass is 10.3. The molecule has 0 aliphatic carbocycles. The minimum absolute atomic E-state index is 0.273. The van der Waals surface area contributed by atoms with Crippen molar-refractivity contribution in [2.45, 2.75) is 6.54 Å². The molecule has 0 atom stereocenters. The average molecular weight is 255 g/mol. The van der Waals surface area contributed by atoms with Gasteiger partial charge in [-0.1, -0.05) is 11.2 Å². The summed E-state index contributed by atoms with van der Waals surface area (Å²) in [7, 11) is 0. The first kappa shape index (κ1) is 11.3. The van der Waals surface area contributed by atoms with Crippen LogP contribution in [0.2, 0.25) is 0 Å². The van der Waals surface area contributed by atoms with Crippen LogP contribution in [0.5, 0.6) is 0 Å². The highest BCUT2D eigenvalue weighted by Gasteiger charge is 2.14. The zero-order valence-corrected chi connectivity index (χ0v) is 9.80. The van der Waals surface area contributed by atoms with Gasteiger partial charge in [-0.25, -0.2) is 14.3 Å². The molecule has 0 aliphatic heterocycles. The van der Waals surface area contributed by atoms with Gasteiger partial charge in [0.15, 0.2) is 0 Å².